The first kappa shape index (κ1) is 22.6. The van der Waals surface area contributed by atoms with Gasteiger partial charge in [0.1, 0.15) is 0 Å². The van der Waals surface area contributed by atoms with Gasteiger partial charge in [0, 0.05) is 64.6 Å². The van der Waals surface area contributed by atoms with Crippen LogP contribution in [0.5, 0.6) is 0 Å². The van der Waals surface area contributed by atoms with E-state index in [1.807, 2.05) is 7.05 Å². The highest BCUT2D eigenvalue weighted by molar-refractivity contribution is 5.80. The Morgan fingerprint density at radius 1 is 1.03 bits per heavy atom. The van der Waals surface area contributed by atoms with Crippen molar-refractivity contribution in [1.82, 2.24) is 20.0 Å². The number of nitrogens with zero attached hydrogens (tertiary/aromatic N) is 4. The fourth-order valence-electron chi connectivity index (χ4n) is 5.75. The van der Waals surface area contributed by atoms with Gasteiger partial charge in [-0.1, -0.05) is 37.3 Å². The molecule has 0 radical (unpaired) electrons. The van der Waals surface area contributed by atoms with Gasteiger partial charge in [0.15, 0.2) is 5.96 Å². The molecule has 31 heavy (non-hydrogen) atoms. The Morgan fingerprint density at radius 3 is 2.32 bits per heavy atom. The zero-order valence-corrected chi connectivity index (χ0v) is 19.6. The van der Waals surface area contributed by atoms with E-state index in [4.69, 9.17) is 4.74 Å². The molecule has 4 rings (SSSR count). The van der Waals surface area contributed by atoms with Gasteiger partial charge in [-0.05, 0) is 50.8 Å². The van der Waals surface area contributed by atoms with Crippen LogP contribution < -0.4 is 5.32 Å². The van der Waals surface area contributed by atoms with E-state index in [9.17, 15) is 0 Å². The zero-order chi connectivity index (χ0) is 21.5. The average Bonchev–Trinajstić information content (AvgIpc) is 3.38. The van der Waals surface area contributed by atoms with Crippen molar-refractivity contribution in [2.45, 2.75) is 50.6 Å². The summed E-state index contributed by atoms with van der Waals surface area (Å²) in [6.07, 6.45) is 6.07. The van der Waals surface area contributed by atoms with Gasteiger partial charge in [-0.3, -0.25) is 14.8 Å². The molecule has 3 aliphatic heterocycles. The van der Waals surface area contributed by atoms with Crippen LogP contribution in [0.15, 0.2) is 35.3 Å². The third-order valence-electron chi connectivity index (χ3n) is 7.61. The van der Waals surface area contributed by atoms with E-state index in [1.165, 1.54) is 31.5 Å². The second kappa shape index (κ2) is 10.8. The first-order valence-electron chi connectivity index (χ1n) is 12.3. The van der Waals surface area contributed by atoms with Crippen LogP contribution in [0, 0.1) is 0 Å². The number of ether oxygens (including phenoxy) is 1. The van der Waals surface area contributed by atoms with Crippen molar-refractivity contribution in [2.24, 2.45) is 4.99 Å². The Balaban J connectivity index is 1.34. The maximum absolute atomic E-state index is 5.71. The Morgan fingerprint density at radius 2 is 1.71 bits per heavy atom. The van der Waals surface area contributed by atoms with Gasteiger partial charge in [-0.25, -0.2) is 0 Å². The molecule has 6 heteroatoms. The Kier molecular flexibility index (Phi) is 7.86. The average molecular weight is 428 g/mol. The minimum atomic E-state index is 0.229. The van der Waals surface area contributed by atoms with Gasteiger partial charge in [0.05, 0.1) is 0 Å². The molecule has 172 valence electrons. The standard InChI is InChI=1S/C25H41N5O/c1-3-23(22-9-5-4-6-10-22)28-15-17-29(18-16-28)24(26-2)27-21-25(11-19-31-20-12-25)30-13-7-8-14-30/h4-6,9-10,23H,3,7-8,11-21H2,1-2H3,(H,26,27). The molecule has 0 spiro atoms. The molecule has 1 aromatic carbocycles. The molecule has 0 aromatic heterocycles. The lowest BCUT2D eigenvalue weighted by Crippen LogP contribution is -2.60. The molecule has 3 aliphatic rings. The van der Waals surface area contributed by atoms with Crippen LogP contribution in [0.4, 0.5) is 0 Å². The van der Waals surface area contributed by atoms with Crippen LogP contribution >= 0.6 is 0 Å². The number of rotatable bonds is 6. The van der Waals surface area contributed by atoms with Gasteiger partial charge in [-0.15, -0.1) is 0 Å². The topological polar surface area (TPSA) is 43.3 Å². The first-order valence-corrected chi connectivity index (χ1v) is 12.3. The number of hydrogen-bond acceptors (Lipinski definition) is 4. The molecule has 1 N–H and O–H groups in total. The summed E-state index contributed by atoms with van der Waals surface area (Å²) >= 11 is 0. The number of likely N-dealkylation sites (tertiary alicyclic amines) is 1. The van der Waals surface area contributed by atoms with Gasteiger partial charge in [0.25, 0.3) is 0 Å². The third kappa shape index (κ3) is 5.24. The summed E-state index contributed by atoms with van der Waals surface area (Å²) < 4.78 is 5.71. The Hall–Kier alpha value is -1.63. The van der Waals surface area contributed by atoms with E-state index in [2.05, 4.69) is 62.3 Å². The third-order valence-corrected chi connectivity index (χ3v) is 7.61. The number of guanidine groups is 1. The predicted molar refractivity (Wildman–Crippen MR) is 128 cm³/mol. The molecule has 6 nitrogen and oxygen atoms in total. The molecule has 1 unspecified atom stereocenters. The fourth-order valence-corrected chi connectivity index (χ4v) is 5.75. The number of benzene rings is 1. The van der Waals surface area contributed by atoms with Crippen LogP contribution in [0.1, 0.15) is 50.6 Å². The fraction of sp³-hybridized carbons (Fsp3) is 0.720. The lowest BCUT2D eigenvalue weighted by Gasteiger charge is -2.46. The van der Waals surface area contributed by atoms with Crippen LogP contribution in [0.25, 0.3) is 0 Å². The summed E-state index contributed by atoms with van der Waals surface area (Å²) in [5, 5.41) is 3.78. The normalized spacial score (nSPS) is 24.3. The maximum atomic E-state index is 5.71. The Bertz CT molecular complexity index is 689. The minimum absolute atomic E-state index is 0.229. The highest BCUT2D eigenvalue weighted by atomic mass is 16.5. The lowest BCUT2D eigenvalue weighted by molar-refractivity contribution is -0.0167. The highest BCUT2D eigenvalue weighted by Crippen LogP contribution is 2.31. The first-order chi connectivity index (χ1) is 15.3. The molecular weight excluding hydrogens is 386 g/mol. The summed E-state index contributed by atoms with van der Waals surface area (Å²) in [6.45, 7) is 11.7. The van der Waals surface area contributed by atoms with E-state index < -0.39 is 0 Å². The van der Waals surface area contributed by atoms with E-state index in [0.717, 1.165) is 71.2 Å². The van der Waals surface area contributed by atoms with Crippen LogP contribution in [-0.4, -0.2) is 92.3 Å². The predicted octanol–water partition coefficient (Wildman–Crippen LogP) is 2.98. The van der Waals surface area contributed by atoms with Gasteiger partial charge in [-0.2, -0.15) is 0 Å². The van der Waals surface area contributed by atoms with Crippen molar-refractivity contribution >= 4 is 5.96 Å². The highest BCUT2D eigenvalue weighted by Gasteiger charge is 2.40. The van der Waals surface area contributed by atoms with Crippen LogP contribution in [-0.2, 0) is 4.74 Å². The largest absolute Gasteiger partial charge is 0.381 e. The quantitative estimate of drug-likeness (QED) is 0.559. The van der Waals surface area contributed by atoms with Gasteiger partial charge in [0.2, 0.25) is 0 Å². The van der Waals surface area contributed by atoms with Crippen molar-refractivity contribution in [2.75, 3.05) is 66.1 Å². The number of nitrogens with one attached hydrogen (secondary N) is 1. The SMILES string of the molecule is CCC(c1ccccc1)N1CCN(C(=NC)NCC2(N3CCCC3)CCOCC2)CC1. The van der Waals surface area contributed by atoms with Crippen molar-refractivity contribution in [1.29, 1.82) is 0 Å². The summed E-state index contributed by atoms with van der Waals surface area (Å²) in [4.78, 5) is 12.5. The number of hydrogen-bond donors (Lipinski definition) is 1. The Labute approximate surface area is 188 Å². The molecule has 3 heterocycles. The molecular formula is C25H41N5O. The van der Waals surface area contributed by atoms with Gasteiger partial charge < -0.3 is 15.0 Å². The second-order valence-corrected chi connectivity index (χ2v) is 9.29. The van der Waals surface area contributed by atoms with Crippen molar-refractivity contribution < 1.29 is 4.74 Å². The molecule has 0 amide bonds. The van der Waals surface area contributed by atoms with Crippen LogP contribution in [0.3, 0.4) is 0 Å². The van der Waals surface area contributed by atoms with Crippen molar-refractivity contribution in [3.63, 3.8) is 0 Å². The number of aliphatic imine (C=N–C) groups is 1. The summed E-state index contributed by atoms with van der Waals surface area (Å²) in [7, 11) is 1.93. The molecule has 3 fully saturated rings. The molecule has 0 aliphatic carbocycles. The van der Waals surface area contributed by atoms with E-state index in [-0.39, 0.29) is 5.54 Å². The van der Waals surface area contributed by atoms with Crippen molar-refractivity contribution in [3.8, 4) is 0 Å². The zero-order valence-electron chi connectivity index (χ0n) is 19.6. The van der Waals surface area contributed by atoms with Gasteiger partial charge >= 0.3 is 0 Å². The summed E-state index contributed by atoms with van der Waals surface area (Å²) in [6, 6.07) is 11.5. The molecule has 3 saturated heterocycles. The summed E-state index contributed by atoms with van der Waals surface area (Å²) in [5.74, 6) is 1.07. The smallest absolute Gasteiger partial charge is 0.193 e. The molecule has 0 saturated carbocycles. The van der Waals surface area contributed by atoms with Crippen LogP contribution in [0.2, 0.25) is 0 Å². The van der Waals surface area contributed by atoms with E-state index >= 15 is 0 Å². The molecule has 1 aromatic rings. The van der Waals surface area contributed by atoms with Crippen molar-refractivity contribution in [3.05, 3.63) is 35.9 Å². The maximum Gasteiger partial charge on any atom is 0.193 e. The summed E-state index contributed by atoms with van der Waals surface area (Å²) in [5.41, 5.74) is 1.67. The van der Waals surface area contributed by atoms with E-state index in [1.54, 1.807) is 0 Å². The van der Waals surface area contributed by atoms with E-state index in [0.29, 0.717) is 6.04 Å². The monoisotopic (exact) mass is 427 g/mol. The second-order valence-electron chi connectivity index (χ2n) is 9.29. The minimum Gasteiger partial charge on any atom is -0.381 e. The molecule has 0 bridgehead atoms. The number of piperazine rings is 1. The molecule has 1 atom stereocenters. The lowest BCUT2D eigenvalue weighted by atomic mass is 9.88.